The molecule has 5 nitrogen and oxygen atoms in total. The lowest BCUT2D eigenvalue weighted by Gasteiger charge is -2.30. The summed E-state index contributed by atoms with van der Waals surface area (Å²) in [7, 11) is 0. The van der Waals surface area contributed by atoms with E-state index in [1.165, 1.54) is 56.1 Å². The molecule has 0 saturated carbocycles. The second-order valence-electron chi connectivity index (χ2n) is 7.78. The molecule has 0 spiro atoms. The lowest BCUT2D eigenvalue weighted by Crippen LogP contribution is -2.34. The zero-order valence-electron chi connectivity index (χ0n) is 16.8. The fourth-order valence-corrected chi connectivity index (χ4v) is 3.77. The highest BCUT2D eigenvalue weighted by molar-refractivity contribution is 5.05. The van der Waals surface area contributed by atoms with Crippen molar-refractivity contribution < 1.29 is 0 Å². The van der Waals surface area contributed by atoms with Gasteiger partial charge >= 0.3 is 0 Å². The highest BCUT2D eigenvalue weighted by Gasteiger charge is 2.15. The molecule has 1 fully saturated rings. The van der Waals surface area contributed by atoms with Gasteiger partial charge in [-0.05, 0) is 57.7 Å². The largest absolute Gasteiger partial charge is 0.337 e. The molecule has 0 radical (unpaired) electrons. The molecule has 1 aliphatic heterocycles. The van der Waals surface area contributed by atoms with E-state index in [4.69, 9.17) is 4.98 Å². The number of likely N-dealkylation sites (tertiary alicyclic amines) is 1. The Morgan fingerprint density at radius 2 is 1.77 bits per heavy atom. The second kappa shape index (κ2) is 9.36. The smallest absolute Gasteiger partial charge is 0.110 e. The topological polar surface area (TPSA) is 38.9 Å². The van der Waals surface area contributed by atoms with Crippen molar-refractivity contribution in [3.8, 4) is 0 Å². The van der Waals surface area contributed by atoms with Crippen LogP contribution in [0, 0.1) is 5.92 Å². The van der Waals surface area contributed by atoms with E-state index in [9.17, 15) is 0 Å². The lowest BCUT2D eigenvalue weighted by atomic mass is 9.99. The first-order chi connectivity index (χ1) is 12.7. The Hall–Kier alpha value is -1.62. The van der Waals surface area contributed by atoms with Crippen molar-refractivity contribution in [2.75, 3.05) is 19.6 Å². The van der Waals surface area contributed by atoms with E-state index in [1.54, 1.807) is 0 Å². The minimum Gasteiger partial charge on any atom is -0.337 e. The fourth-order valence-electron chi connectivity index (χ4n) is 3.77. The zero-order chi connectivity index (χ0) is 18.4. The number of hydrogen-bond acceptors (Lipinski definition) is 3. The van der Waals surface area contributed by atoms with Crippen molar-refractivity contribution in [2.45, 2.75) is 72.4 Å². The van der Waals surface area contributed by atoms with Gasteiger partial charge in [0.15, 0.2) is 0 Å². The summed E-state index contributed by atoms with van der Waals surface area (Å²) in [5.41, 5.74) is 2.38. The molecule has 0 aromatic carbocycles. The number of rotatable bonds is 9. The molecule has 2 aromatic heterocycles. The molecule has 144 valence electrons. The van der Waals surface area contributed by atoms with E-state index in [0.29, 0.717) is 0 Å². The lowest BCUT2D eigenvalue weighted by molar-refractivity contribution is 0.188. The average molecular weight is 358 g/mol. The molecule has 0 bridgehead atoms. The van der Waals surface area contributed by atoms with Gasteiger partial charge in [0.25, 0.3) is 0 Å². The molecule has 0 unspecified atom stereocenters. The van der Waals surface area contributed by atoms with Gasteiger partial charge in [-0.2, -0.15) is 0 Å². The second-order valence-corrected chi connectivity index (χ2v) is 7.78. The van der Waals surface area contributed by atoms with Crippen molar-refractivity contribution in [3.63, 3.8) is 0 Å². The Kier molecular flexibility index (Phi) is 6.89. The Morgan fingerprint density at radius 1 is 1.00 bits per heavy atom. The normalized spacial score (nSPS) is 16.4. The summed E-state index contributed by atoms with van der Waals surface area (Å²) in [6, 6.07) is 0. The molecule has 1 saturated heterocycles. The monoisotopic (exact) mass is 357 g/mol. The highest BCUT2D eigenvalue weighted by Crippen LogP contribution is 2.16. The Morgan fingerprint density at radius 3 is 2.46 bits per heavy atom. The van der Waals surface area contributed by atoms with Crippen molar-refractivity contribution in [2.24, 2.45) is 5.92 Å². The van der Waals surface area contributed by atoms with Crippen LogP contribution in [0.5, 0.6) is 0 Å². The van der Waals surface area contributed by atoms with Gasteiger partial charge in [-0.1, -0.05) is 20.8 Å². The van der Waals surface area contributed by atoms with Gasteiger partial charge in [-0.25, -0.2) is 9.97 Å². The summed E-state index contributed by atoms with van der Waals surface area (Å²) in [4.78, 5) is 11.9. The van der Waals surface area contributed by atoms with Gasteiger partial charge in [-0.3, -0.25) is 0 Å². The number of aryl methyl sites for hydroxylation is 5. The zero-order valence-corrected chi connectivity index (χ0v) is 16.8. The van der Waals surface area contributed by atoms with E-state index >= 15 is 0 Å². The van der Waals surface area contributed by atoms with Crippen LogP contribution in [-0.4, -0.2) is 43.6 Å². The van der Waals surface area contributed by atoms with Gasteiger partial charge in [0.2, 0.25) is 0 Å². The first-order valence-electron chi connectivity index (χ1n) is 10.5. The quantitative estimate of drug-likeness (QED) is 0.689. The fraction of sp³-hybridized carbons (Fsp3) is 0.714. The predicted molar refractivity (Wildman–Crippen MR) is 106 cm³/mol. The van der Waals surface area contributed by atoms with Crippen LogP contribution in [0.15, 0.2) is 18.7 Å². The summed E-state index contributed by atoms with van der Waals surface area (Å²) in [6.07, 6.45) is 13.3. The predicted octanol–water partition coefficient (Wildman–Crippen LogP) is 3.57. The van der Waals surface area contributed by atoms with Crippen LogP contribution < -0.4 is 0 Å². The van der Waals surface area contributed by atoms with E-state index in [2.05, 4.69) is 52.2 Å². The average Bonchev–Trinajstić information content (AvgIpc) is 3.28. The van der Waals surface area contributed by atoms with Crippen LogP contribution in [0.4, 0.5) is 0 Å². The minimum atomic E-state index is 0.912. The number of imidazole rings is 2. The van der Waals surface area contributed by atoms with Crippen LogP contribution in [-0.2, 0) is 32.4 Å². The van der Waals surface area contributed by atoms with Crippen molar-refractivity contribution in [1.29, 1.82) is 0 Å². The summed E-state index contributed by atoms with van der Waals surface area (Å²) in [5.74, 6) is 2.14. The molecule has 3 heterocycles. The van der Waals surface area contributed by atoms with E-state index in [-0.39, 0.29) is 0 Å². The van der Waals surface area contributed by atoms with Gasteiger partial charge in [0, 0.05) is 31.9 Å². The third kappa shape index (κ3) is 5.19. The third-order valence-electron chi connectivity index (χ3n) is 5.66. The van der Waals surface area contributed by atoms with E-state index in [1.807, 2.05) is 6.33 Å². The van der Waals surface area contributed by atoms with Crippen LogP contribution in [0.25, 0.3) is 0 Å². The maximum atomic E-state index is 4.86. The number of hydrogen-bond donors (Lipinski definition) is 0. The number of nitrogens with zero attached hydrogens (tertiary/aromatic N) is 5. The number of aromatic nitrogens is 4. The SMILES string of the molecule is CCc1cn(CCc2nc(CC)cn2CCCN2CCC(C)CC2)cn1. The molecular weight excluding hydrogens is 322 g/mol. The van der Waals surface area contributed by atoms with Crippen LogP contribution in [0.1, 0.15) is 57.2 Å². The molecule has 0 N–H and O–H groups in total. The molecule has 26 heavy (non-hydrogen) atoms. The molecule has 0 aliphatic carbocycles. The Labute approximate surface area is 158 Å². The van der Waals surface area contributed by atoms with Gasteiger partial charge < -0.3 is 14.0 Å². The van der Waals surface area contributed by atoms with Gasteiger partial charge in [0.1, 0.15) is 5.82 Å². The van der Waals surface area contributed by atoms with Gasteiger partial charge in [0.05, 0.1) is 17.7 Å². The van der Waals surface area contributed by atoms with Crippen molar-refractivity contribution in [1.82, 2.24) is 24.0 Å². The standard InChI is InChI=1S/C21H35N5/c1-4-19-15-25(17-22-19)14-9-21-23-20(5-2)16-26(21)11-6-10-24-12-7-18(3)8-13-24/h15-18H,4-14H2,1-3H3. The molecule has 2 aromatic rings. The highest BCUT2D eigenvalue weighted by atomic mass is 15.1. The van der Waals surface area contributed by atoms with Crippen molar-refractivity contribution in [3.05, 3.63) is 35.9 Å². The third-order valence-corrected chi connectivity index (χ3v) is 5.66. The maximum absolute atomic E-state index is 4.86. The van der Waals surface area contributed by atoms with Crippen LogP contribution >= 0.6 is 0 Å². The minimum absolute atomic E-state index is 0.912. The van der Waals surface area contributed by atoms with Crippen molar-refractivity contribution >= 4 is 0 Å². The Bertz CT molecular complexity index is 664. The molecule has 0 atom stereocenters. The van der Waals surface area contributed by atoms with E-state index < -0.39 is 0 Å². The molecule has 0 amide bonds. The summed E-state index contributed by atoms with van der Waals surface area (Å²) >= 11 is 0. The van der Waals surface area contributed by atoms with Crippen LogP contribution in [0.2, 0.25) is 0 Å². The molecule has 3 rings (SSSR count). The Balaban J connectivity index is 1.52. The molecule has 1 aliphatic rings. The number of piperidine rings is 1. The molecule has 5 heteroatoms. The summed E-state index contributed by atoms with van der Waals surface area (Å²) in [5, 5.41) is 0. The van der Waals surface area contributed by atoms with Gasteiger partial charge in [-0.15, -0.1) is 0 Å². The summed E-state index contributed by atoms with van der Waals surface area (Å²) < 4.78 is 4.58. The van der Waals surface area contributed by atoms with Crippen LogP contribution in [0.3, 0.4) is 0 Å². The van der Waals surface area contributed by atoms with E-state index in [0.717, 1.165) is 38.3 Å². The summed E-state index contributed by atoms with van der Waals surface area (Å²) in [6.45, 7) is 12.5. The first-order valence-corrected chi connectivity index (χ1v) is 10.5. The first kappa shape index (κ1) is 19.2. The molecular formula is C21H35N5. The maximum Gasteiger partial charge on any atom is 0.110 e.